The summed E-state index contributed by atoms with van der Waals surface area (Å²) in [5, 5.41) is 21.3. The van der Waals surface area contributed by atoms with Crippen LogP contribution in [0, 0.1) is 5.92 Å². The zero-order chi connectivity index (χ0) is 10.4. The highest BCUT2D eigenvalue weighted by molar-refractivity contribution is 6.04. The summed E-state index contributed by atoms with van der Waals surface area (Å²) in [4.78, 5) is 0. The van der Waals surface area contributed by atoms with E-state index in [0.717, 1.165) is 5.56 Å². The van der Waals surface area contributed by atoms with Crippen LogP contribution in [0.5, 0.6) is 0 Å². The summed E-state index contributed by atoms with van der Waals surface area (Å²) in [5.74, 6) is -0.276. The first-order chi connectivity index (χ1) is 6.79. The third-order valence-electron chi connectivity index (χ3n) is 2.20. The molecule has 2 unspecified atom stereocenters. The lowest BCUT2D eigenvalue weighted by atomic mass is 9.96. The minimum absolute atomic E-state index is 0.0970. The topological polar surface area (TPSA) is 52.5 Å². The van der Waals surface area contributed by atoms with Crippen LogP contribution in [0.4, 0.5) is 0 Å². The van der Waals surface area contributed by atoms with Crippen LogP contribution in [0.15, 0.2) is 30.3 Å². The van der Waals surface area contributed by atoms with E-state index < -0.39 is 6.10 Å². The largest absolute Gasteiger partial charge is 0.396 e. The SMILES string of the molecule is [B]NCC(CO)C(O)c1ccccc1. The molecule has 0 aliphatic rings. The molecular weight excluding hydrogens is 177 g/mol. The van der Waals surface area contributed by atoms with Gasteiger partial charge in [0.05, 0.1) is 6.10 Å². The van der Waals surface area contributed by atoms with Crippen molar-refractivity contribution < 1.29 is 10.2 Å². The third-order valence-corrected chi connectivity index (χ3v) is 2.20. The number of nitrogens with one attached hydrogen (secondary N) is 1. The van der Waals surface area contributed by atoms with Crippen LogP contribution >= 0.6 is 0 Å². The molecule has 74 valence electrons. The minimum Gasteiger partial charge on any atom is -0.396 e. The Hall–Kier alpha value is -0.835. The molecule has 3 nitrogen and oxygen atoms in total. The average molecular weight is 191 g/mol. The predicted octanol–water partition coefficient (Wildman–Crippen LogP) is 0.00160. The van der Waals surface area contributed by atoms with Crippen molar-refractivity contribution in [1.82, 2.24) is 5.23 Å². The van der Waals surface area contributed by atoms with Crippen molar-refractivity contribution in [1.29, 1.82) is 0 Å². The van der Waals surface area contributed by atoms with Gasteiger partial charge in [0.25, 0.3) is 0 Å². The fourth-order valence-corrected chi connectivity index (χ4v) is 1.35. The Kier molecular flexibility index (Phi) is 4.66. The van der Waals surface area contributed by atoms with Gasteiger partial charge in [0.15, 0.2) is 7.98 Å². The summed E-state index contributed by atoms with van der Waals surface area (Å²) >= 11 is 0. The maximum Gasteiger partial charge on any atom is 0.177 e. The van der Waals surface area contributed by atoms with E-state index in [1.807, 2.05) is 30.3 Å². The molecular formula is C10H14BNO2. The molecule has 0 heterocycles. The lowest BCUT2D eigenvalue weighted by molar-refractivity contribution is 0.0696. The Balaban J connectivity index is 2.67. The molecule has 0 spiro atoms. The smallest absolute Gasteiger partial charge is 0.177 e. The van der Waals surface area contributed by atoms with Crippen molar-refractivity contribution in [2.75, 3.05) is 13.2 Å². The molecule has 0 aliphatic carbocycles. The van der Waals surface area contributed by atoms with Crippen LogP contribution in [-0.2, 0) is 0 Å². The molecule has 0 saturated heterocycles. The second-order valence-electron chi connectivity index (χ2n) is 3.21. The number of rotatable bonds is 5. The van der Waals surface area contributed by atoms with Crippen molar-refractivity contribution in [2.45, 2.75) is 6.10 Å². The fraction of sp³-hybridized carbons (Fsp3) is 0.400. The summed E-state index contributed by atoms with van der Waals surface area (Å²) in [6, 6.07) is 9.23. The molecule has 1 aromatic rings. The van der Waals surface area contributed by atoms with Gasteiger partial charge in [-0.1, -0.05) is 30.3 Å². The summed E-state index contributed by atoms with van der Waals surface area (Å²) in [7, 11) is 5.15. The Labute approximate surface area is 85.2 Å². The normalized spacial score (nSPS) is 15.0. The zero-order valence-corrected chi connectivity index (χ0v) is 7.93. The molecule has 0 bridgehead atoms. The predicted molar refractivity (Wildman–Crippen MR) is 55.7 cm³/mol. The molecule has 3 N–H and O–H groups in total. The molecule has 0 fully saturated rings. The van der Waals surface area contributed by atoms with Crippen LogP contribution < -0.4 is 5.23 Å². The minimum atomic E-state index is -0.683. The maximum absolute atomic E-state index is 9.86. The van der Waals surface area contributed by atoms with Crippen molar-refractivity contribution in [3.05, 3.63) is 35.9 Å². The Morgan fingerprint density at radius 3 is 2.43 bits per heavy atom. The summed E-state index contributed by atoms with van der Waals surface area (Å²) in [6.07, 6.45) is -0.683. The van der Waals surface area contributed by atoms with E-state index in [9.17, 15) is 5.11 Å². The van der Waals surface area contributed by atoms with E-state index in [-0.39, 0.29) is 12.5 Å². The quantitative estimate of drug-likeness (QED) is 0.574. The van der Waals surface area contributed by atoms with Crippen LogP contribution in [-0.4, -0.2) is 31.3 Å². The van der Waals surface area contributed by atoms with Crippen molar-refractivity contribution in [3.8, 4) is 0 Å². The Morgan fingerprint density at radius 1 is 1.29 bits per heavy atom. The van der Waals surface area contributed by atoms with Crippen LogP contribution in [0.25, 0.3) is 0 Å². The lowest BCUT2D eigenvalue weighted by Gasteiger charge is -2.20. The molecule has 2 radical (unpaired) electrons. The number of aliphatic hydroxyl groups is 2. The van der Waals surface area contributed by atoms with Crippen molar-refractivity contribution in [3.63, 3.8) is 0 Å². The standard InChI is InChI=1S/C10H14BNO2/c11-12-6-9(7-13)10(14)8-4-2-1-3-5-8/h1-5,9-10,12-14H,6-7H2. The van der Waals surface area contributed by atoms with Crippen LogP contribution in [0.3, 0.4) is 0 Å². The van der Waals surface area contributed by atoms with Gasteiger partial charge >= 0.3 is 0 Å². The fourth-order valence-electron chi connectivity index (χ4n) is 1.35. The number of hydrogen-bond acceptors (Lipinski definition) is 3. The highest BCUT2D eigenvalue weighted by atomic mass is 16.3. The van der Waals surface area contributed by atoms with Crippen LogP contribution in [0.2, 0.25) is 0 Å². The molecule has 0 saturated carbocycles. The number of benzene rings is 1. The van der Waals surface area contributed by atoms with Gasteiger partial charge in [-0.3, -0.25) is 0 Å². The highest BCUT2D eigenvalue weighted by Gasteiger charge is 2.18. The molecule has 0 aliphatic heterocycles. The molecule has 1 aromatic carbocycles. The van der Waals surface area contributed by atoms with Crippen molar-refractivity contribution >= 4 is 7.98 Å². The Morgan fingerprint density at radius 2 is 1.93 bits per heavy atom. The van der Waals surface area contributed by atoms with Crippen LogP contribution in [0.1, 0.15) is 11.7 Å². The maximum atomic E-state index is 9.86. The second kappa shape index (κ2) is 5.80. The molecule has 1 rings (SSSR count). The van der Waals surface area contributed by atoms with Crippen molar-refractivity contribution in [2.24, 2.45) is 5.92 Å². The monoisotopic (exact) mass is 191 g/mol. The first-order valence-corrected chi connectivity index (χ1v) is 4.57. The first kappa shape index (κ1) is 11.2. The Bertz CT molecular complexity index is 256. The summed E-state index contributed by atoms with van der Waals surface area (Å²) in [5.41, 5.74) is 0.793. The molecule has 4 heteroatoms. The molecule has 2 atom stereocenters. The van der Waals surface area contributed by atoms with E-state index in [0.29, 0.717) is 6.54 Å². The van der Waals surface area contributed by atoms with Gasteiger partial charge in [-0.2, -0.15) is 0 Å². The first-order valence-electron chi connectivity index (χ1n) is 4.57. The number of hydrogen-bond donors (Lipinski definition) is 3. The lowest BCUT2D eigenvalue weighted by Crippen LogP contribution is -2.28. The third kappa shape index (κ3) is 2.84. The number of aliphatic hydroxyl groups excluding tert-OH is 2. The second-order valence-corrected chi connectivity index (χ2v) is 3.21. The van der Waals surface area contributed by atoms with Gasteiger partial charge in [0.2, 0.25) is 0 Å². The molecule has 0 amide bonds. The van der Waals surface area contributed by atoms with Gasteiger partial charge in [-0.05, 0) is 12.1 Å². The van der Waals surface area contributed by atoms with Gasteiger partial charge in [0.1, 0.15) is 0 Å². The van der Waals surface area contributed by atoms with E-state index in [1.165, 1.54) is 0 Å². The van der Waals surface area contributed by atoms with Gasteiger partial charge in [0, 0.05) is 12.5 Å². The molecule has 0 aromatic heterocycles. The van der Waals surface area contributed by atoms with Gasteiger partial charge < -0.3 is 15.4 Å². The summed E-state index contributed by atoms with van der Waals surface area (Å²) < 4.78 is 0. The average Bonchev–Trinajstić information content (AvgIpc) is 2.26. The zero-order valence-electron chi connectivity index (χ0n) is 7.93. The van der Waals surface area contributed by atoms with Gasteiger partial charge in [-0.15, -0.1) is 0 Å². The summed E-state index contributed by atoms with van der Waals surface area (Å²) in [6.45, 7) is 0.285. The van der Waals surface area contributed by atoms with Gasteiger partial charge in [-0.25, -0.2) is 0 Å². The van der Waals surface area contributed by atoms with E-state index in [1.54, 1.807) is 0 Å². The highest BCUT2D eigenvalue weighted by Crippen LogP contribution is 2.20. The van der Waals surface area contributed by atoms with E-state index >= 15 is 0 Å². The van der Waals surface area contributed by atoms with E-state index in [2.05, 4.69) is 5.23 Å². The molecule has 14 heavy (non-hydrogen) atoms. The van der Waals surface area contributed by atoms with E-state index in [4.69, 9.17) is 13.1 Å².